The van der Waals surface area contributed by atoms with Crippen LogP contribution in [0.15, 0.2) is 6.07 Å². The van der Waals surface area contributed by atoms with Crippen molar-refractivity contribution >= 4 is 0 Å². The first-order valence-corrected chi connectivity index (χ1v) is 8.02. The van der Waals surface area contributed by atoms with Crippen LogP contribution < -0.4 is 5.32 Å². The zero-order valence-electron chi connectivity index (χ0n) is 13.7. The molecule has 20 heavy (non-hydrogen) atoms. The van der Waals surface area contributed by atoms with Crippen LogP contribution in [0.5, 0.6) is 0 Å². The predicted octanol–water partition coefficient (Wildman–Crippen LogP) is 2.33. The standard InChI is InChI=1S/C16H30N4/c1-6-13-9-15(19(5)18-13)11-20-12-16(4,8-3)17-10-14(20)7-2/h9,14,17H,6-8,10-12H2,1-5H3. The van der Waals surface area contributed by atoms with Crippen molar-refractivity contribution < 1.29 is 0 Å². The Bertz CT molecular complexity index is 440. The average molecular weight is 278 g/mol. The van der Waals surface area contributed by atoms with Crippen LogP contribution >= 0.6 is 0 Å². The molecule has 0 saturated carbocycles. The molecule has 1 fully saturated rings. The molecule has 2 heterocycles. The summed E-state index contributed by atoms with van der Waals surface area (Å²) in [4.78, 5) is 2.64. The van der Waals surface area contributed by atoms with Gasteiger partial charge in [0.2, 0.25) is 0 Å². The predicted molar refractivity (Wildman–Crippen MR) is 83.8 cm³/mol. The van der Waals surface area contributed by atoms with Gasteiger partial charge in [0.05, 0.1) is 11.4 Å². The number of nitrogens with zero attached hydrogens (tertiary/aromatic N) is 3. The molecule has 1 aliphatic rings. The summed E-state index contributed by atoms with van der Waals surface area (Å²) < 4.78 is 2.05. The van der Waals surface area contributed by atoms with E-state index in [0.717, 1.165) is 26.1 Å². The highest BCUT2D eigenvalue weighted by atomic mass is 15.3. The molecule has 0 amide bonds. The minimum atomic E-state index is 0.248. The lowest BCUT2D eigenvalue weighted by Gasteiger charge is -2.46. The molecule has 2 atom stereocenters. The lowest BCUT2D eigenvalue weighted by atomic mass is 9.92. The summed E-state index contributed by atoms with van der Waals surface area (Å²) in [5, 5.41) is 8.31. The van der Waals surface area contributed by atoms with Gasteiger partial charge >= 0.3 is 0 Å². The first-order valence-electron chi connectivity index (χ1n) is 8.02. The third-order valence-corrected chi connectivity index (χ3v) is 4.84. The smallest absolute Gasteiger partial charge is 0.0625 e. The third kappa shape index (κ3) is 3.23. The molecule has 0 spiro atoms. The topological polar surface area (TPSA) is 33.1 Å². The Kier molecular flexibility index (Phi) is 4.86. The van der Waals surface area contributed by atoms with E-state index in [2.05, 4.69) is 60.8 Å². The summed E-state index contributed by atoms with van der Waals surface area (Å²) in [5.74, 6) is 0. The van der Waals surface area contributed by atoms with Crippen LogP contribution in [-0.4, -0.2) is 39.4 Å². The van der Waals surface area contributed by atoms with Gasteiger partial charge in [0.25, 0.3) is 0 Å². The highest BCUT2D eigenvalue weighted by Crippen LogP contribution is 2.22. The molecule has 0 radical (unpaired) electrons. The largest absolute Gasteiger partial charge is 0.309 e. The quantitative estimate of drug-likeness (QED) is 0.897. The van der Waals surface area contributed by atoms with Crippen LogP contribution in [0.25, 0.3) is 0 Å². The molecule has 1 aromatic heterocycles. The molecule has 1 aliphatic heterocycles. The van der Waals surface area contributed by atoms with Crippen molar-refractivity contribution in [3.05, 3.63) is 17.5 Å². The van der Waals surface area contributed by atoms with Crippen molar-refractivity contribution in [3.8, 4) is 0 Å². The molecule has 1 saturated heterocycles. The third-order valence-electron chi connectivity index (χ3n) is 4.84. The Morgan fingerprint density at radius 3 is 2.70 bits per heavy atom. The summed E-state index contributed by atoms with van der Waals surface area (Å²) in [7, 11) is 2.07. The lowest BCUT2D eigenvalue weighted by molar-refractivity contribution is 0.0734. The first kappa shape index (κ1) is 15.5. The molecule has 2 rings (SSSR count). The van der Waals surface area contributed by atoms with E-state index in [1.165, 1.54) is 24.2 Å². The highest BCUT2D eigenvalue weighted by Gasteiger charge is 2.33. The van der Waals surface area contributed by atoms with E-state index < -0.39 is 0 Å². The lowest BCUT2D eigenvalue weighted by Crippen LogP contribution is -2.62. The van der Waals surface area contributed by atoms with Crippen LogP contribution in [-0.2, 0) is 20.0 Å². The van der Waals surface area contributed by atoms with Gasteiger partial charge in [0, 0.05) is 38.3 Å². The second kappa shape index (κ2) is 6.27. The Labute approximate surface area is 123 Å². The van der Waals surface area contributed by atoms with E-state index in [4.69, 9.17) is 0 Å². The fraction of sp³-hybridized carbons (Fsp3) is 0.812. The molecule has 114 valence electrons. The second-order valence-corrected chi connectivity index (χ2v) is 6.37. The Morgan fingerprint density at radius 1 is 1.40 bits per heavy atom. The van der Waals surface area contributed by atoms with Gasteiger partial charge in [0.1, 0.15) is 0 Å². The number of rotatable bonds is 5. The van der Waals surface area contributed by atoms with Crippen molar-refractivity contribution in [2.24, 2.45) is 7.05 Å². The summed E-state index contributed by atoms with van der Waals surface area (Å²) in [6.45, 7) is 12.3. The van der Waals surface area contributed by atoms with Crippen LogP contribution in [0, 0.1) is 0 Å². The monoisotopic (exact) mass is 278 g/mol. The van der Waals surface area contributed by atoms with E-state index in [0.29, 0.717) is 6.04 Å². The minimum absolute atomic E-state index is 0.248. The molecule has 0 aromatic carbocycles. The number of nitrogens with one attached hydrogen (secondary N) is 1. The Morgan fingerprint density at radius 2 is 2.15 bits per heavy atom. The molecule has 1 N–H and O–H groups in total. The van der Waals surface area contributed by atoms with Gasteiger partial charge in [-0.15, -0.1) is 0 Å². The normalized spacial score (nSPS) is 27.9. The number of hydrogen-bond donors (Lipinski definition) is 1. The van der Waals surface area contributed by atoms with Gasteiger partial charge in [-0.25, -0.2) is 0 Å². The van der Waals surface area contributed by atoms with Gasteiger partial charge in [-0.3, -0.25) is 9.58 Å². The van der Waals surface area contributed by atoms with E-state index in [1.54, 1.807) is 0 Å². The van der Waals surface area contributed by atoms with E-state index in [1.807, 2.05) is 0 Å². The van der Waals surface area contributed by atoms with Crippen LogP contribution in [0.4, 0.5) is 0 Å². The number of aryl methyl sites for hydroxylation is 2. The summed E-state index contributed by atoms with van der Waals surface area (Å²) in [6, 6.07) is 2.90. The number of hydrogen-bond acceptors (Lipinski definition) is 3. The van der Waals surface area contributed by atoms with Crippen LogP contribution in [0.3, 0.4) is 0 Å². The molecular weight excluding hydrogens is 248 g/mol. The maximum atomic E-state index is 4.58. The van der Waals surface area contributed by atoms with Gasteiger partial charge in [-0.05, 0) is 32.3 Å². The molecule has 4 heteroatoms. The number of piperazine rings is 1. The van der Waals surface area contributed by atoms with Crippen molar-refractivity contribution in [2.75, 3.05) is 13.1 Å². The molecule has 0 aliphatic carbocycles. The van der Waals surface area contributed by atoms with Gasteiger partial charge in [-0.1, -0.05) is 20.8 Å². The average Bonchev–Trinajstić information content (AvgIpc) is 2.80. The fourth-order valence-electron chi connectivity index (χ4n) is 3.05. The van der Waals surface area contributed by atoms with Crippen molar-refractivity contribution in [2.45, 2.75) is 65.1 Å². The van der Waals surface area contributed by atoms with Crippen molar-refractivity contribution in [1.82, 2.24) is 20.0 Å². The zero-order valence-corrected chi connectivity index (χ0v) is 13.7. The second-order valence-electron chi connectivity index (χ2n) is 6.37. The Hall–Kier alpha value is -0.870. The zero-order chi connectivity index (χ0) is 14.8. The van der Waals surface area contributed by atoms with Crippen molar-refractivity contribution in [1.29, 1.82) is 0 Å². The van der Waals surface area contributed by atoms with Gasteiger partial charge in [-0.2, -0.15) is 5.10 Å². The molecule has 2 unspecified atom stereocenters. The van der Waals surface area contributed by atoms with Gasteiger partial charge in [0.15, 0.2) is 0 Å². The summed E-state index contributed by atoms with van der Waals surface area (Å²) in [6.07, 6.45) is 3.39. The first-order chi connectivity index (χ1) is 9.51. The fourth-order valence-corrected chi connectivity index (χ4v) is 3.05. The molecule has 1 aromatic rings. The molecule has 0 bridgehead atoms. The highest BCUT2D eigenvalue weighted by molar-refractivity contribution is 5.11. The molecule has 4 nitrogen and oxygen atoms in total. The Balaban J connectivity index is 2.13. The summed E-state index contributed by atoms with van der Waals surface area (Å²) >= 11 is 0. The van der Waals surface area contributed by atoms with Crippen LogP contribution in [0.2, 0.25) is 0 Å². The van der Waals surface area contributed by atoms with Gasteiger partial charge < -0.3 is 5.32 Å². The number of aromatic nitrogens is 2. The van der Waals surface area contributed by atoms with E-state index >= 15 is 0 Å². The summed E-state index contributed by atoms with van der Waals surface area (Å²) in [5.41, 5.74) is 2.78. The van der Waals surface area contributed by atoms with Crippen LogP contribution in [0.1, 0.15) is 51.9 Å². The molecular formula is C16H30N4. The minimum Gasteiger partial charge on any atom is -0.309 e. The maximum absolute atomic E-state index is 4.58. The maximum Gasteiger partial charge on any atom is 0.0625 e. The SMILES string of the molecule is CCc1cc(CN2CC(C)(CC)NCC2CC)n(C)n1. The van der Waals surface area contributed by atoms with Crippen molar-refractivity contribution in [3.63, 3.8) is 0 Å². The van der Waals surface area contributed by atoms with E-state index in [9.17, 15) is 0 Å². The van der Waals surface area contributed by atoms with E-state index in [-0.39, 0.29) is 5.54 Å².